The van der Waals surface area contributed by atoms with Crippen LogP contribution in [0.25, 0.3) is 5.69 Å². The van der Waals surface area contributed by atoms with Crippen molar-refractivity contribution in [1.82, 2.24) is 9.55 Å². The molecule has 0 unspecified atom stereocenters. The molecule has 0 saturated carbocycles. The van der Waals surface area contributed by atoms with E-state index < -0.39 is 0 Å². The van der Waals surface area contributed by atoms with Crippen molar-refractivity contribution in [1.29, 1.82) is 0 Å². The van der Waals surface area contributed by atoms with Crippen LogP contribution in [0.3, 0.4) is 0 Å². The maximum atomic E-state index is 13.3. The van der Waals surface area contributed by atoms with Gasteiger partial charge in [0.2, 0.25) is 0 Å². The van der Waals surface area contributed by atoms with Gasteiger partial charge < -0.3 is 4.74 Å². The van der Waals surface area contributed by atoms with Crippen LogP contribution in [0.5, 0.6) is 11.8 Å². The van der Waals surface area contributed by atoms with Gasteiger partial charge in [-0.2, -0.15) is 0 Å². The highest BCUT2D eigenvalue weighted by molar-refractivity contribution is 5.38. The van der Waals surface area contributed by atoms with Crippen molar-refractivity contribution >= 4 is 0 Å². The summed E-state index contributed by atoms with van der Waals surface area (Å²) >= 11 is 0. The fourth-order valence-electron chi connectivity index (χ4n) is 3.00. The molecule has 4 aromatic rings. The highest BCUT2D eigenvalue weighted by Gasteiger charge is 2.14. The summed E-state index contributed by atoms with van der Waals surface area (Å²) < 4.78 is 7.48. The first-order chi connectivity index (χ1) is 13.7. The largest absolute Gasteiger partial charge is 0.425 e. The minimum absolute atomic E-state index is 0.132. The molecular formula is C24H20N2O2. The molecule has 28 heavy (non-hydrogen) atoms. The molecule has 0 bridgehead atoms. The first-order valence-corrected chi connectivity index (χ1v) is 9.15. The number of hydrogen-bond acceptors (Lipinski definition) is 3. The number of ether oxygens (including phenoxy) is 1. The molecule has 0 N–H and O–H groups in total. The Kier molecular flexibility index (Phi) is 5.02. The highest BCUT2D eigenvalue weighted by atomic mass is 16.5. The molecular weight excluding hydrogens is 348 g/mol. The lowest BCUT2D eigenvalue weighted by Gasteiger charge is -2.14. The van der Waals surface area contributed by atoms with E-state index in [-0.39, 0.29) is 11.6 Å². The van der Waals surface area contributed by atoms with Crippen molar-refractivity contribution in [3.8, 4) is 17.4 Å². The van der Waals surface area contributed by atoms with Gasteiger partial charge in [-0.15, -0.1) is 0 Å². The van der Waals surface area contributed by atoms with Crippen LogP contribution in [0.2, 0.25) is 0 Å². The molecule has 138 valence electrons. The summed E-state index contributed by atoms with van der Waals surface area (Å²) in [5, 5.41) is 0. The monoisotopic (exact) mass is 368 g/mol. The van der Waals surface area contributed by atoms with E-state index in [4.69, 9.17) is 4.74 Å². The van der Waals surface area contributed by atoms with Crippen molar-refractivity contribution in [2.75, 3.05) is 0 Å². The van der Waals surface area contributed by atoms with Crippen LogP contribution >= 0.6 is 0 Å². The van der Waals surface area contributed by atoms with Gasteiger partial charge in [0.1, 0.15) is 5.75 Å². The fraction of sp³-hybridized carbons (Fsp3) is 0.0833. The predicted molar refractivity (Wildman–Crippen MR) is 110 cm³/mol. The topological polar surface area (TPSA) is 44.1 Å². The van der Waals surface area contributed by atoms with E-state index in [1.165, 1.54) is 4.57 Å². The van der Waals surface area contributed by atoms with Gasteiger partial charge in [0.15, 0.2) is 0 Å². The second-order valence-electron chi connectivity index (χ2n) is 6.62. The van der Waals surface area contributed by atoms with Gasteiger partial charge in [0.25, 0.3) is 5.56 Å². The van der Waals surface area contributed by atoms with Crippen molar-refractivity contribution in [2.45, 2.75) is 13.3 Å². The number of hydrogen-bond donors (Lipinski definition) is 0. The predicted octanol–water partition coefficient (Wildman–Crippen LogP) is 4.92. The number of para-hydroxylation sites is 1. The molecule has 4 rings (SSSR count). The van der Waals surface area contributed by atoms with E-state index in [9.17, 15) is 4.79 Å². The average molecular weight is 368 g/mol. The zero-order valence-electron chi connectivity index (χ0n) is 15.6. The maximum absolute atomic E-state index is 13.3. The van der Waals surface area contributed by atoms with E-state index in [0.29, 0.717) is 17.7 Å². The lowest BCUT2D eigenvalue weighted by atomic mass is 10.1. The van der Waals surface area contributed by atoms with E-state index in [1.807, 2.05) is 91.9 Å². The molecule has 4 nitrogen and oxygen atoms in total. The van der Waals surface area contributed by atoms with Gasteiger partial charge in [-0.25, -0.2) is 9.55 Å². The number of rotatable bonds is 5. The third-order valence-corrected chi connectivity index (χ3v) is 4.48. The zero-order valence-corrected chi connectivity index (χ0v) is 15.6. The summed E-state index contributed by atoms with van der Waals surface area (Å²) in [4.78, 5) is 17.8. The fourth-order valence-corrected chi connectivity index (χ4v) is 3.00. The van der Waals surface area contributed by atoms with Gasteiger partial charge in [0.05, 0.1) is 5.69 Å². The Morgan fingerprint density at radius 2 is 1.50 bits per heavy atom. The lowest BCUT2D eigenvalue weighted by molar-refractivity contribution is 0.423. The van der Waals surface area contributed by atoms with E-state index >= 15 is 0 Å². The van der Waals surface area contributed by atoms with Gasteiger partial charge >= 0.3 is 6.01 Å². The molecule has 3 aromatic carbocycles. The van der Waals surface area contributed by atoms with Gasteiger partial charge in [-0.1, -0.05) is 66.2 Å². The second-order valence-corrected chi connectivity index (χ2v) is 6.62. The second kappa shape index (κ2) is 7.92. The molecule has 0 aliphatic rings. The van der Waals surface area contributed by atoms with Gasteiger partial charge in [-0.05, 0) is 36.8 Å². The lowest BCUT2D eigenvalue weighted by Crippen LogP contribution is -2.24. The first-order valence-electron chi connectivity index (χ1n) is 9.15. The molecule has 1 heterocycles. The molecule has 0 fully saturated rings. The van der Waals surface area contributed by atoms with Crippen LogP contribution in [0.4, 0.5) is 0 Å². The van der Waals surface area contributed by atoms with Crippen molar-refractivity contribution in [3.05, 3.63) is 118 Å². The molecule has 1 aromatic heterocycles. The average Bonchev–Trinajstić information content (AvgIpc) is 2.73. The van der Waals surface area contributed by atoms with Gasteiger partial charge in [-0.3, -0.25) is 4.79 Å². The Balaban J connectivity index is 1.78. The molecule has 0 radical (unpaired) electrons. The summed E-state index contributed by atoms with van der Waals surface area (Å²) in [6.07, 6.45) is 2.13. The molecule has 0 amide bonds. The van der Waals surface area contributed by atoms with Crippen molar-refractivity contribution in [3.63, 3.8) is 0 Å². The molecule has 0 aliphatic carbocycles. The summed E-state index contributed by atoms with van der Waals surface area (Å²) in [6.45, 7) is 2.01. The zero-order chi connectivity index (χ0) is 19.3. The summed E-state index contributed by atoms with van der Waals surface area (Å²) in [5.41, 5.74) is 3.41. The Hall–Kier alpha value is -3.66. The Morgan fingerprint density at radius 1 is 0.857 bits per heavy atom. The van der Waals surface area contributed by atoms with E-state index in [2.05, 4.69) is 4.98 Å². The molecule has 4 heteroatoms. The van der Waals surface area contributed by atoms with Crippen LogP contribution in [0, 0.1) is 6.92 Å². The molecule has 0 atom stereocenters. The maximum Gasteiger partial charge on any atom is 0.309 e. The number of benzene rings is 3. The Labute approximate surface area is 163 Å². The van der Waals surface area contributed by atoms with Crippen LogP contribution in [0.1, 0.15) is 16.7 Å². The van der Waals surface area contributed by atoms with Crippen LogP contribution in [-0.4, -0.2) is 9.55 Å². The number of nitrogens with zero attached hydrogens (tertiary/aromatic N) is 2. The first kappa shape index (κ1) is 17.7. The summed E-state index contributed by atoms with van der Waals surface area (Å²) in [6, 6.07) is 27.2. The quantitative estimate of drug-likeness (QED) is 0.502. The highest BCUT2D eigenvalue weighted by Crippen LogP contribution is 2.22. The van der Waals surface area contributed by atoms with Gasteiger partial charge in [0, 0.05) is 18.2 Å². The Morgan fingerprint density at radius 3 is 2.18 bits per heavy atom. The minimum atomic E-state index is -0.132. The van der Waals surface area contributed by atoms with Crippen molar-refractivity contribution in [2.24, 2.45) is 0 Å². The third kappa shape index (κ3) is 3.86. The minimum Gasteiger partial charge on any atom is -0.425 e. The summed E-state index contributed by atoms with van der Waals surface area (Å²) in [5.74, 6) is 0.637. The number of aryl methyl sites for hydroxylation is 1. The smallest absolute Gasteiger partial charge is 0.309 e. The molecule has 0 aliphatic heterocycles. The van der Waals surface area contributed by atoms with Crippen LogP contribution < -0.4 is 10.3 Å². The van der Waals surface area contributed by atoms with E-state index in [0.717, 1.165) is 16.8 Å². The van der Waals surface area contributed by atoms with Crippen LogP contribution in [0.15, 0.2) is 95.9 Å². The molecule has 0 spiro atoms. The van der Waals surface area contributed by atoms with Crippen molar-refractivity contribution < 1.29 is 4.74 Å². The normalized spacial score (nSPS) is 10.6. The van der Waals surface area contributed by atoms with Crippen LogP contribution in [-0.2, 0) is 6.42 Å². The standard InChI is InChI=1S/C24H20N2O2/c1-18-12-14-22(15-13-18)28-24-25-17-20(16-19-8-4-2-5-9-19)23(27)26(24)21-10-6-3-7-11-21/h2-15,17H,16H2,1H3. The molecule has 0 saturated heterocycles. The Bertz CT molecular complexity index is 1120. The summed E-state index contributed by atoms with van der Waals surface area (Å²) in [7, 11) is 0. The third-order valence-electron chi connectivity index (χ3n) is 4.48. The van der Waals surface area contributed by atoms with E-state index in [1.54, 1.807) is 6.20 Å². The SMILES string of the molecule is Cc1ccc(Oc2ncc(Cc3ccccc3)c(=O)n2-c2ccccc2)cc1. The number of aromatic nitrogens is 2.